The Labute approximate surface area is 160 Å². The van der Waals surface area contributed by atoms with Crippen LogP contribution in [0.2, 0.25) is 0 Å². The van der Waals surface area contributed by atoms with Gasteiger partial charge in [-0.25, -0.2) is 0 Å². The Balaban J connectivity index is 1.75. The number of amides is 2. The highest BCUT2D eigenvalue weighted by atomic mass is 16.2. The molecule has 140 valence electrons. The Morgan fingerprint density at radius 3 is 2.67 bits per heavy atom. The average Bonchev–Trinajstić information content (AvgIpc) is 2.66. The molecule has 5 nitrogen and oxygen atoms in total. The lowest BCUT2D eigenvalue weighted by Crippen LogP contribution is -2.34. The van der Waals surface area contributed by atoms with Crippen molar-refractivity contribution in [3.63, 3.8) is 0 Å². The number of hydrogen-bond donors (Lipinski definition) is 1. The third-order valence-electron chi connectivity index (χ3n) is 4.83. The predicted octanol–water partition coefficient (Wildman–Crippen LogP) is 3.70. The van der Waals surface area contributed by atoms with Gasteiger partial charge in [0.25, 0.3) is 5.91 Å². The van der Waals surface area contributed by atoms with Crippen molar-refractivity contribution in [3.8, 4) is 0 Å². The molecule has 0 spiro atoms. The maximum atomic E-state index is 12.7. The van der Waals surface area contributed by atoms with Crippen LogP contribution in [0.25, 0.3) is 0 Å². The summed E-state index contributed by atoms with van der Waals surface area (Å²) in [5.74, 6) is -0.219. The highest BCUT2D eigenvalue weighted by Crippen LogP contribution is 2.24. The number of carbonyl (C=O) groups excluding carboxylic acids is 2. The van der Waals surface area contributed by atoms with Crippen molar-refractivity contribution >= 4 is 17.5 Å². The van der Waals surface area contributed by atoms with Crippen molar-refractivity contribution in [3.05, 3.63) is 71.6 Å². The number of nitrogens with one attached hydrogen (secondary N) is 1. The fourth-order valence-corrected chi connectivity index (χ4v) is 3.13. The number of fused-ring (bicyclic) bond motifs is 1. The molecule has 5 heteroatoms. The van der Waals surface area contributed by atoms with Gasteiger partial charge in [0.1, 0.15) is 0 Å². The molecule has 1 aliphatic rings. The van der Waals surface area contributed by atoms with Crippen LogP contribution < -0.4 is 5.32 Å². The van der Waals surface area contributed by atoms with Gasteiger partial charge in [0.15, 0.2) is 0 Å². The number of carbonyl (C=O) groups is 2. The van der Waals surface area contributed by atoms with E-state index in [0.29, 0.717) is 24.3 Å². The third-order valence-corrected chi connectivity index (χ3v) is 4.83. The van der Waals surface area contributed by atoms with E-state index in [1.165, 1.54) is 6.08 Å². The van der Waals surface area contributed by atoms with Gasteiger partial charge < -0.3 is 10.2 Å². The highest BCUT2D eigenvalue weighted by Gasteiger charge is 2.20. The average molecular weight is 363 g/mol. The summed E-state index contributed by atoms with van der Waals surface area (Å²) in [5, 5.41) is 2.93. The molecule has 0 unspecified atom stereocenters. The minimum atomic E-state index is -0.157. The zero-order valence-corrected chi connectivity index (χ0v) is 16.1. The van der Waals surface area contributed by atoms with E-state index in [9.17, 15) is 9.59 Å². The zero-order chi connectivity index (χ0) is 19.6. The van der Waals surface area contributed by atoms with Gasteiger partial charge in [-0.15, -0.1) is 0 Å². The molecule has 1 N–H and O–H groups in total. The van der Waals surface area contributed by atoms with Crippen molar-refractivity contribution in [1.82, 2.24) is 9.88 Å². The first kappa shape index (κ1) is 18.8. The number of pyridine rings is 1. The van der Waals surface area contributed by atoms with E-state index in [2.05, 4.69) is 37.7 Å². The van der Waals surface area contributed by atoms with Gasteiger partial charge in [-0.05, 0) is 52.8 Å². The highest BCUT2D eigenvalue weighted by molar-refractivity contribution is 6.04. The van der Waals surface area contributed by atoms with Crippen molar-refractivity contribution in [2.75, 3.05) is 11.9 Å². The summed E-state index contributed by atoms with van der Waals surface area (Å²) in [6.45, 7) is 11.1. The molecule has 1 aromatic heterocycles. The first-order valence-corrected chi connectivity index (χ1v) is 9.08. The Kier molecular flexibility index (Phi) is 5.13. The summed E-state index contributed by atoms with van der Waals surface area (Å²) >= 11 is 0. The van der Waals surface area contributed by atoms with E-state index in [-0.39, 0.29) is 17.2 Å². The molecule has 0 aliphatic carbocycles. The Hall–Kier alpha value is -2.95. The van der Waals surface area contributed by atoms with Gasteiger partial charge in [0.05, 0.1) is 11.9 Å². The van der Waals surface area contributed by atoms with Crippen LogP contribution in [0.3, 0.4) is 0 Å². The van der Waals surface area contributed by atoms with E-state index in [0.717, 1.165) is 23.1 Å². The van der Waals surface area contributed by atoms with Crippen LogP contribution >= 0.6 is 0 Å². The minimum Gasteiger partial charge on any atom is -0.335 e. The van der Waals surface area contributed by atoms with Crippen LogP contribution in [0.15, 0.2) is 49.3 Å². The summed E-state index contributed by atoms with van der Waals surface area (Å²) in [7, 11) is 0. The minimum absolute atomic E-state index is 0.0334. The van der Waals surface area contributed by atoms with Crippen molar-refractivity contribution < 1.29 is 9.59 Å². The molecule has 1 aliphatic heterocycles. The largest absolute Gasteiger partial charge is 0.335 e. The van der Waals surface area contributed by atoms with Crippen molar-refractivity contribution in [2.24, 2.45) is 0 Å². The van der Waals surface area contributed by atoms with Gasteiger partial charge in [-0.2, -0.15) is 0 Å². The number of aromatic nitrogens is 1. The Morgan fingerprint density at radius 1 is 1.19 bits per heavy atom. The maximum Gasteiger partial charge on any atom is 0.255 e. The second-order valence-electron chi connectivity index (χ2n) is 7.86. The van der Waals surface area contributed by atoms with Crippen molar-refractivity contribution in [2.45, 2.75) is 39.2 Å². The first-order chi connectivity index (χ1) is 12.8. The van der Waals surface area contributed by atoms with Crippen LogP contribution in [0.4, 0.5) is 5.69 Å². The SMILES string of the molecule is C=CC(=O)N1CCc2cc(C(=O)Nc3cncc(C(C)(C)C)c3)ccc2C1. The molecular weight excluding hydrogens is 338 g/mol. The molecule has 2 aromatic rings. The van der Waals surface area contributed by atoms with Crippen LogP contribution in [0.5, 0.6) is 0 Å². The second-order valence-corrected chi connectivity index (χ2v) is 7.86. The fraction of sp³-hybridized carbons (Fsp3) is 0.318. The third kappa shape index (κ3) is 4.25. The monoisotopic (exact) mass is 363 g/mol. The summed E-state index contributed by atoms with van der Waals surface area (Å²) < 4.78 is 0. The molecule has 0 atom stereocenters. The summed E-state index contributed by atoms with van der Waals surface area (Å²) in [6.07, 6.45) is 5.55. The predicted molar refractivity (Wildman–Crippen MR) is 107 cm³/mol. The molecule has 2 amide bonds. The van der Waals surface area contributed by atoms with E-state index in [1.54, 1.807) is 17.2 Å². The standard InChI is InChI=1S/C22H25N3O2/c1-5-20(26)25-9-8-15-10-16(6-7-17(15)14-25)21(27)24-19-11-18(12-23-13-19)22(2,3)4/h5-7,10-13H,1,8-9,14H2,2-4H3,(H,24,27). The lowest BCUT2D eigenvalue weighted by atomic mass is 9.88. The van der Waals surface area contributed by atoms with Gasteiger partial charge in [-0.1, -0.05) is 33.4 Å². The summed E-state index contributed by atoms with van der Waals surface area (Å²) in [6, 6.07) is 7.61. The van der Waals surface area contributed by atoms with E-state index >= 15 is 0 Å². The molecule has 3 rings (SSSR count). The van der Waals surface area contributed by atoms with Gasteiger partial charge in [0, 0.05) is 24.8 Å². The second kappa shape index (κ2) is 7.35. The van der Waals surface area contributed by atoms with E-state index in [1.807, 2.05) is 24.4 Å². The van der Waals surface area contributed by atoms with Gasteiger partial charge >= 0.3 is 0 Å². The number of nitrogens with zero attached hydrogens (tertiary/aromatic N) is 2. The quantitative estimate of drug-likeness (QED) is 0.846. The molecule has 0 bridgehead atoms. The van der Waals surface area contributed by atoms with Crippen LogP contribution in [-0.2, 0) is 23.2 Å². The maximum absolute atomic E-state index is 12.7. The summed E-state index contributed by atoms with van der Waals surface area (Å²) in [5.41, 5.74) is 4.51. The number of hydrogen-bond acceptors (Lipinski definition) is 3. The normalized spacial score (nSPS) is 13.7. The van der Waals surface area contributed by atoms with Gasteiger partial charge in [-0.3, -0.25) is 14.6 Å². The van der Waals surface area contributed by atoms with E-state index in [4.69, 9.17) is 0 Å². The van der Waals surface area contributed by atoms with Gasteiger partial charge in [0.2, 0.25) is 5.91 Å². The van der Waals surface area contributed by atoms with Crippen LogP contribution in [-0.4, -0.2) is 28.2 Å². The molecule has 0 saturated heterocycles. The Bertz CT molecular complexity index is 897. The number of rotatable bonds is 3. The lowest BCUT2D eigenvalue weighted by Gasteiger charge is -2.28. The van der Waals surface area contributed by atoms with Crippen LogP contribution in [0, 0.1) is 0 Å². The smallest absolute Gasteiger partial charge is 0.255 e. The molecule has 2 heterocycles. The zero-order valence-electron chi connectivity index (χ0n) is 16.1. The number of anilines is 1. The van der Waals surface area contributed by atoms with E-state index < -0.39 is 0 Å². The Morgan fingerprint density at radius 2 is 1.96 bits per heavy atom. The molecule has 27 heavy (non-hydrogen) atoms. The molecule has 1 aromatic carbocycles. The molecule has 0 radical (unpaired) electrons. The lowest BCUT2D eigenvalue weighted by molar-refractivity contribution is -0.126. The molecule has 0 fully saturated rings. The van der Waals surface area contributed by atoms with Crippen LogP contribution in [0.1, 0.15) is 47.8 Å². The molecular formula is C22H25N3O2. The van der Waals surface area contributed by atoms with Crippen molar-refractivity contribution in [1.29, 1.82) is 0 Å². The summed E-state index contributed by atoms with van der Waals surface area (Å²) in [4.78, 5) is 30.5. The first-order valence-electron chi connectivity index (χ1n) is 9.08. The number of benzene rings is 1. The molecule has 0 saturated carbocycles. The topological polar surface area (TPSA) is 62.3 Å². The fourth-order valence-electron chi connectivity index (χ4n) is 3.13.